The summed E-state index contributed by atoms with van der Waals surface area (Å²) in [6.45, 7) is 7.22. The summed E-state index contributed by atoms with van der Waals surface area (Å²) in [5.41, 5.74) is 0.304. The standard InChI is InChI=1S/C23H29O6P/c1-14(2)13-30(26,22(24)20-15(3)9-8-10-16(20)4)23(25)21-18(28-6)11-17(27-5)12-19(21)29-7/h8-12,14H,13H2,1-7H3. The maximum absolute atomic E-state index is 14.2. The number of ether oxygens (including phenoxy) is 3. The van der Waals surface area contributed by atoms with Crippen molar-refractivity contribution in [3.63, 3.8) is 0 Å². The summed E-state index contributed by atoms with van der Waals surface area (Å²) in [6.07, 6.45) is -0.0449. The minimum atomic E-state index is -4.04. The van der Waals surface area contributed by atoms with Crippen molar-refractivity contribution in [3.05, 3.63) is 52.6 Å². The van der Waals surface area contributed by atoms with Crippen LogP contribution in [0.15, 0.2) is 30.3 Å². The summed E-state index contributed by atoms with van der Waals surface area (Å²) in [5, 5.41) is 0. The van der Waals surface area contributed by atoms with Gasteiger partial charge in [-0.3, -0.25) is 9.59 Å². The van der Waals surface area contributed by atoms with Crippen LogP contribution in [0.25, 0.3) is 0 Å². The van der Waals surface area contributed by atoms with Gasteiger partial charge in [0, 0.05) is 23.9 Å². The van der Waals surface area contributed by atoms with E-state index in [9.17, 15) is 14.2 Å². The molecule has 0 spiro atoms. The average Bonchev–Trinajstić information content (AvgIpc) is 2.71. The SMILES string of the molecule is COc1cc(OC)c(C(=O)P(=O)(CC(C)C)C(=O)c2c(C)cccc2C)c(OC)c1. The third kappa shape index (κ3) is 4.44. The molecule has 1 unspecified atom stereocenters. The van der Waals surface area contributed by atoms with Crippen molar-refractivity contribution in [2.24, 2.45) is 5.92 Å². The number of hydrogen-bond donors (Lipinski definition) is 0. The molecule has 0 aromatic heterocycles. The first-order chi connectivity index (χ1) is 14.1. The van der Waals surface area contributed by atoms with Gasteiger partial charge in [-0.25, -0.2) is 0 Å². The molecule has 0 saturated carbocycles. The molecule has 0 aliphatic rings. The van der Waals surface area contributed by atoms with Crippen molar-refractivity contribution < 1.29 is 28.4 Å². The fourth-order valence-electron chi connectivity index (χ4n) is 3.50. The maximum atomic E-state index is 14.2. The zero-order valence-electron chi connectivity index (χ0n) is 18.6. The van der Waals surface area contributed by atoms with Crippen LogP contribution in [0, 0.1) is 19.8 Å². The molecule has 0 aliphatic heterocycles. The second-order valence-electron chi connectivity index (χ2n) is 7.60. The van der Waals surface area contributed by atoms with Crippen molar-refractivity contribution in [2.45, 2.75) is 27.7 Å². The number of carbonyl (C=O) groups excluding carboxylic acids is 2. The van der Waals surface area contributed by atoms with Crippen molar-refractivity contribution >= 4 is 18.2 Å². The van der Waals surface area contributed by atoms with Crippen LogP contribution in [-0.2, 0) is 4.57 Å². The molecule has 30 heavy (non-hydrogen) atoms. The Morgan fingerprint density at radius 1 is 0.867 bits per heavy atom. The lowest BCUT2D eigenvalue weighted by Gasteiger charge is -2.22. The highest BCUT2D eigenvalue weighted by atomic mass is 31.2. The van der Waals surface area contributed by atoms with Gasteiger partial charge in [0.15, 0.2) is 0 Å². The third-order valence-electron chi connectivity index (χ3n) is 4.90. The smallest absolute Gasteiger partial charge is 0.236 e. The minimum Gasteiger partial charge on any atom is -0.496 e. The summed E-state index contributed by atoms with van der Waals surface area (Å²) in [6, 6.07) is 8.40. The van der Waals surface area contributed by atoms with E-state index in [1.54, 1.807) is 26.0 Å². The van der Waals surface area contributed by atoms with E-state index in [1.165, 1.54) is 33.5 Å². The van der Waals surface area contributed by atoms with Gasteiger partial charge in [0.2, 0.25) is 18.2 Å². The highest BCUT2D eigenvalue weighted by Crippen LogP contribution is 2.56. The van der Waals surface area contributed by atoms with Gasteiger partial charge < -0.3 is 18.8 Å². The molecular formula is C23H29O6P. The quantitative estimate of drug-likeness (QED) is 0.499. The molecule has 0 N–H and O–H groups in total. The fourth-order valence-corrected chi connectivity index (χ4v) is 6.34. The lowest BCUT2D eigenvalue weighted by molar-refractivity contribution is 0.103. The number of rotatable bonds is 9. The number of methoxy groups -OCH3 is 3. The zero-order chi connectivity index (χ0) is 22.6. The van der Waals surface area contributed by atoms with Gasteiger partial charge in [0.05, 0.1) is 21.3 Å². The summed E-state index contributed by atoms with van der Waals surface area (Å²) in [4.78, 5) is 27.3. The average molecular weight is 432 g/mol. The van der Waals surface area contributed by atoms with E-state index < -0.39 is 18.2 Å². The highest BCUT2D eigenvalue weighted by Gasteiger charge is 2.44. The van der Waals surface area contributed by atoms with Crippen molar-refractivity contribution in [3.8, 4) is 17.2 Å². The van der Waals surface area contributed by atoms with Crippen LogP contribution in [0.4, 0.5) is 0 Å². The highest BCUT2D eigenvalue weighted by molar-refractivity contribution is 7.95. The molecular weight excluding hydrogens is 403 g/mol. The van der Waals surface area contributed by atoms with E-state index in [1.807, 2.05) is 19.9 Å². The molecule has 0 heterocycles. The van der Waals surface area contributed by atoms with E-state index in [0.717, 1.165) is 0 Å². The second kappa shape index (κ2) is 9.48. The van der Waals surface area contributed by atoms with Crippen LogP contribution in [0.2, 0.25) is 0 Å². The predicted molar refractivity (Wildman–Crippen MR) is 118 cm³/mol. The minimum absolute atomic E-state index is 0.00984. The van der Waals surface area contributed by atoms with E-state index in [2.05, 4.69) is 0 Å². The Bertz CT molecular complexity index is 963. The number of hydrogen-bond acceptors (Lipinski definition) is 6. The number of benzene rings is 2. The third-order valence-corrected chi connectivity index (χ3v) is 7.91. The molecule has 162 valence electrons. The molecule has 0 aliphatic carbocycles. The number of carbonyl (C=O) groups is 2. The molecule has 1 atom stereocenters. The molecule has 2 aromatic carbocycles. The molecule has 7 heteroatoms. The molecule has 0 saturated heterocycles. The monoisotopic (exact) mass is 432 g/mol. The molecule has 0 radical (unpaired) electrons. The van der Waals surface area contributed by atoms with Crippen molar-refractivity contribution in [2.75, 3.05) is 27.5 Å². The molecule has 0 amide bonds. The van der Waals surface area contributed by atoms with Gasteiger partial charge in [0.1, 0.15) is 22.8 Å². The first kappa shape index (κ1) is 23.7. The topological polar surface area (TPSA) is 78.9 Å². The first-order valence-corrected chi connectivity index (χ1v) is 11.5. The van der Waals surface area contributed by atoms with Crippen LogP contribution < -0.4 is 14.2 Å². The molecule has 0 fully saturated rings. The Hall–Kier alpha value is -2.59. The lowest BCUT2D eigenvalue weighted by atomic mass is 10.0. The summed E-state index contributed by atoms with van der Waals surface area (Å²) in [5.74, 6) is 0.576. The zero-order valence-corrected chi connectivity index (χ0v) is 19.5. The largest absolute Gasteiger partial charge is 0.496 e. The summed E-state index contributed by atoms with van der Waals surface area (Å²) < 4.78 is 30.1. The van der Waals surface area contributed by atoms with Crippen LogP contribution in [-0.4, -0.2) is 38.5 Å². The van der Waals surface area contributed by atoms with E-state index in [-0.39, 0.29) is 29.1 Å². The lowest BCUT2D eigenvalue weighted by Crippen LogP contribution is -2.19. The molecule has 0 bridgehead atoms. The maximum Gasteiger partial charge on any atom is 0.236 e. The predicted octanol–water partition coefficient (Wildman–Crippen LogP) is 5.33. The fraction of sp³-hybridized carbons (Fsp3) is 0.391. The van der Waals surface area contributed by atoms with Gasteiger partial charge in [0.25, 0.3) is 0 Å². The van der Waals surface area contributed by atoms with E-state index >= 15 is 0 Å². The Morgan fingerprint density at radius 3 is 1.73 bits per heavy atom. The van der Waals surface area contributed by atoms with Gasteiger partial charge in [-0.2, -0.15) is 0 Å². The van der Waals surface area contributed by atoms with Gasteiger partial charge in [-0.15, -0.1) is 0 Å². The van der Waals surface area contributed by atoms with Crippen LogP contribution in [0.1, 0.15) is 45.7 Å². The Balaban J connectivity index is 2.76. The van der Waals surface area contributed by atoms with Gasteiger partial charge in [-0.05, 0) is 30.9 Å². The van der Waals surface area contributed by atoms with E-state index in [4.69, 9.17) is 14.2 Å². The Kier molecular flexibility index (Phi) is 7.49. The Labute approximate surface area is 177 Å². The summed E-state index contributed by atoms with van der Waals surface area (Å²) in [7, 11) is 0.227. The van der Waals surface area contributed by atoms with Crippen LogP contribution >= 0.6 is 7.14 Å². The van der Waals surface area contributed by atoms with E-state index in [0.29, 0.717) is 22.4 Å². The normalized spacial score (nSPS) is 12.9. The number of aryl methyl sites for hydroxylation is 2. The molecule has 6 nitrogen and oxygen atoms in total. The van der Waals surface area contributed by atoms with Gasteiger partial charge >= 0.3 is 0 Å². The van der Waals surface area contributed by atoms with Crippen LogP contribution in [0.5, 0.6) is 17.2 Å². The van der Waals surface area contributed by atoms with Crippen LogP contribution in [0.3, 0.4) is 0 Å². The van der Waals surface area contributed by atoms with Crippen molar-refractivity contribution in [1.29, 1.82) is 0 Å². The first-order valence-electron chi connectivity index (χ1n) is 9.65. The van der Waals surface area contributed by atoms with Gasteiger partial charge in [-0.1, -0.05) is 32.0 Å². The molecule has 2 rings (SSSR count). The second-order valence-corrected chi connectivity index (χ2v) is 10.3. The van der Waals surface area contributed by atoms with Crippen molar-refractivity contribution in [1.82, 2.24) is 0 Å². The molecule has 2 aromatic rings. The summed E-state index contributed by atoms with van der Waals surface area (Å²) >= 11 is 0. The Morgan fingerprint density at radius 2 is 1.33 bits per heavy atom.